The van der Waals surface area contributed by atoms with Crippen molar-refractivity contribution in [2.45, 2.75) is 25.9 Å². The SMILES string of the molecule is Cc1cc(Cl)ncc1C(=O)N1CCC[C@@H](O)C1. The monoisotopic (exact) mass is 254 g/mol. The molecule has 0 aliphatic carbocycles. The van der Waals surface area contributed by atoms with Crippen LogP contribution in [0.2, 0.25) is 5.15 Å². The van der Waals surface area contributed by atoms with Crippen molar-refractivity contribution in [1.29, 1.82) is 0 Å². The van der Waals surface area contributed by atoms with Crippen LogP contribution in [-0.2, 0) is 0 Å². The van der Waals surface area contributed by atoms with Crippen molar-refractivity contribution in [2.75, 3.05) is 13.1 Å². The van der Waals surface area contributed by atoms with Gasteiger partial charge in [0.25, 0.3) is 5.91 Å². The molecular formula is C12H15ClN2O2. The molecule has 17 heavy (non-hydrogen) atoms. The fourth-order valence-electron chi connectivity index (χ4n) is 2.06. The number of aliphatic hydroxyl groups is 1. The van der Waals surface area contributed by atoms with Gasteiger partial charge in [-0.15, -0.1) is 0 Å². The van der Waals surface area contributed by atoms with Gasteiger partial charge in [0.15, 0.2) is 0 Å². The van der Waals surface area contributed by atoms with Gasteiger partial charge in [-0.2, -0.15) is 0 Å². The summed E-state index contributed by atoms with van der Waals surface area (Å²) in [6.07, 6.45) is 2.70. The number of likely N-dealkylation sites (tertiary alicyclic amines) is 1. The standard InChI is InChI=1S/C12H15ClN2O2/c1-8-5-11(13)14-6-10(8)12(17)15-4-2-3-9(16)7-15/h5-6,9,16H,2-4,7H2,1H3/t9-/m1/s1. The number of carbonyl (C=O) groups is 1. The predicted octanol–water partition coefficient (Wildman–Crippen LogP) is 1.64. The summed E-state index contributed by atoms with van der Waals surface area (Å²) in [7, 11) is 0. The van der Waals surface area contributed by atoms with Gasteiger partial charge in [0.1, 0.15) is 5.15 Å². The van der Waals surface area contributed by atoms with Crippen LogP contribution in [0.1, 0.15) is 28.8 Å². The van der Waals surface area contributed by atoms with E-state index in [-0.39, 0.29) is 5.91 Å². The summed E-state index contributed by atoms with van der Waals surface area (Å²) in [6.45, 7) is 2.93. The van der Waals surface area contributed by atoms with Gasteiger partial charge in [0, 0.05) is 19.3 Å². The maximum absolute atomic E-state index is 12.2. The number of hydrogen-bond acceptors (Lipinski definition) is 3. The molecule has 5 heteroatoms. The molecule has 0 radical (unpaired) electrons. The number of amides is 1. The first-order valence-electron chi connectivity index (χ1n) is 5.67. The zero-order valence-electron chi connectivity index (χ0n) is 9.69. The average molecular weight is 255 g/mol. The van der Waals surface area contributed by atoms with Gasteiger partial charge >= 0.3 is 0 Å². The molecule has 0 aromatic carbocycles. The normalized spacial score (nSPS) is 20.4. The Labute approximate surface area is 105 Å². The predicted molar refractivity (Wildman–Crippen MR) is 65.1 cm³/mol. The molecule has 4 nitrogen and oxygen atoms in total. The molecular weight excluding hydrogens is 240 g/mol. The Hall–Kier alpha value is -1.13. The largest absolute Gasteiger partial charge is 0.391 e. The number of aliphatic hydroxyl groups excluding tert-OH is 1. The van der Waals surface area contributed by atoms with Crippen LogP contribution in [0.4, 0.5) is 0 Å². The van der Waals surface area contributed by atoms with Crippen molar-refractivity contribution in [1.82, 2.24) is 9.88 Å². The van der Waals surface area contributed by atoms with Crippen molar-refractivity contribution >= 4 is 17.5 Å². The minimum Gasteiger partial charge on any atom is -0.391 e. The summed E-state index contributed by atoms with van der Waals surface area (Å²) in [5.74, 6) is -0.0783. The molecule has 1 saturated heterocycles. The highest BCUT2D eigenvalue weighted by atomic mass is 35.5. The lowest BCUT2D eigenvalue weighted by molar-refractivity contribution is 0.0473. The number of hydrogen-bond donors (Lipinski definition) is 1. The Morgan fingerprint density at radius 1 is 1.65 bits per heavy atom. The molecule has 1 amide bonds. The van der Waals surface area contributed by atoms with E-state index in [2.05, 4.69) is 4.98 Å². The summed E-state index contributed by atoms with van der Waals surface area (Å²) in [6, 6.07) is 1.68. The zero-order valence-corrected chi connectivity index (χ0v) is 10.4. The van der Waals surface area contributed by atoms with Crippen LogP contribution in [0.25, 0.3) is 0 Å². The van der Waals surface area contributed by atoms with E-state index in [9.17, 15) is 9.90 Å². The van der Waals surface area contributed by atoms with Gasteiger partial charge in [-0.05, 0) is 31.4 Å². The number of carbonyl (C=O) groups excluding carboxylic acids is 1. The third kappa shape index (κ3) is 2.76. The number of aryl methyl sites for hydroxylation is 1. The Bertz CT molecular complexity index is 437. The Balaban J connectivity index is 2.18. The number of nitrogens with zero attached hydrogens (tertiary/aromatic N) is 2. The third-order valence-electron chi connectivity index (χ3n) is 2.99. The van der Waals surface area contributed by atoms with Crippen LogP contribution in [0.3, 0.4) is 0 Å². The summed E-state index contributed by atoms with van der Waals surface area (Å²) in [4.78, 5) is 17.8. The number of aromatic nitrogens is 1. The molecule has 1 N–H and O–H groups in total. The molecule has 0 unspecified atom stereocenters. The van der Waals surface area contributed by atoms with Crippen LogP contribution in [0, 0.1) is 6.92 Å². The Morgan fingerprint density at radius 3 is 3.06 bits per heavy atom. The number of halogens is 1. The van der Waals surface area contributed by atoms with Gasteiger partial charge in [-0.25, -0.2) is 4.98 Å². The second kappa shape index (κ2) is 5.02. The molecule has 0 bridgehead atoms. The highest BCUT2D eigenvalue weighted by Gasteiger charge is 2.24. The van der Waals surface area contributed by atoms with E-state index in [1.807, 2.05) is 6.92 Å². The topological polar surface area (TPSA) is 53.4 Å². The van der Waals surface area contributed by atoms with Crippen molar-refractivity contribution in [3.05, 3.63) is 28.5 Å². The van der Waals surface area contributed by atoms with Crippen molar-refractivity contribution in [3.8, 4) is 0 Å². The maximum atomic E-state index is 12.2. The van der Waals surface area contributed by atoms with Crippen LogP contribution < -0.4 is 0 Å². The fraction of sp³-hybridized carbons (Fsp3) is 0.500. The molecule has 0 spiro atoms. The summed E-state index contributed by atoms with van der Waals surface area (Å²) >= 11 is 5.75. The zero-order chi connectivity index (χ0) is 12.4. The minimum absolute atomic E-state index is 0.0783. The first-order valence-corrected chi connectivity index (χ1v) is 6.05. The molecule has 0 saturated carbocycles. The molecule has 1 atom stereocenters. The highest BCUT2D eigenvalue weighted by Crippen LogP contribution is 2.17. The summed E-state index contributed by atoms with van der Waals surface area (Å²) in [5, 5.41) is 9.94. The minimum atomic E-state index is -0.409. The number of pyridine rings is 1. The van der Waals surface area contributed by atoms with Crippen LogP contribution in [-0.4, -0.2) is 40.1 Å². The molecule has 1 aliphatic heterocycles. The number of rotatable bonds is 1. The van der Waals surface area contributed by atoms with Crippen LogP contribution in [0.5, 0.6) is 0 Å². The van der Waals surface area contributed by atoms with Crippen molar-refractivity contribution < 1.29 is 9.90 Å². The first kappa shape index (κ1) is 12.3. The van der Waals surface area contributed by atoms with Gasteiger partial charge < -0.3 is 10.0 Å². The molecule has 1 aliphatic rings. The lowest BCUT2D eigenvalue weighted by Crippen LogP contribution is -2.42. The molecule has 92 valence electrons. The van der Waals surface area contributed by atoms with Gasteiger partial charge in [-0.3, -0.25) is 4.79 Å². The van der Waals surface area contributed by atoms with Crippen molar-refractivity contribution in [3.63, 3.8) is 0 Å². The molecule has 2 heterocycles. The second-order valence-corrected chi connectivity index (χ2v) is 4.76. The van der Waals surface area contributed by atoms with Crippen LogP contribution in [0.15, 0.2) is 12.3 Å². The molecule has 2 rings (SSSR count). The smallest absolute Gasteiger partial charge is 0.255 e. The van der Waals surface area contributed by atoms with Gasteiger partial charge in [-0.1, -0.05) is 11.6 Å². The molecule has 1 aromatic heterocycles. The van der Waals surface area contributed by atoms with E-state index < -0.39 is 6.10 Å². The Kier molecular flexibility index (Phi) is 3.64. The van der Waals surface area contributed by atoms with E-state index in [4.69, 9.17) is 11.6 Å². The van der Waals surface area contributed by atoms with E-state index in [1.54, 1.807) is 11.0 Å². The first-order chi connectivity index (χ1) is 8.08. The van der Waals surface area contributed by atoms with E-state index in [1.165, 1.54) is 6.20 Å². The van der Waals surface area contributed by atoms with E-state index >= 15 is 0 Å². The van der Waals surface area contributed by atoms with Gasteiger partial charge in [0.2, 0.25) is 0 Å². The maximum Gasteiger partial charge on any atom is 0.255 e. The van der Waals surface area contributed by atoms with E-state index in [0.29, 0.717) is 23.8 Å². The highest BCUT2D eigenvalue weighted by molar-refractivity contribution is 6.29. The number of piperidine rings is 1. The lowest BCUT2D eigenvalue weighted by Gasteiger charge is -2.30. The summed E-state index contributed by atoms with van der Waals surface area (Å²) in [5.41, 5.74) is 1.37. The Morgan fingerprint density at radius 2 is 2.41 bits per heavy atom. The third-order valence-corrected chi connectivity index (χ3v) is 3.20. The average Bonchev–Trinajstić information content (AvgIpc) is 2.28. The van der Waals surface area contributed by atoms with E-state index in [0.717, 1.165) is 18.4 Å². The van der Waals surface area contributed by atoms with Crippen molar-refractivity contribution in [2.24, 2.45) is 0 Å². The molecule has 1 fully saturated rings. The lowest BCUT2D eigenvalue weighted by atomic mass is 10.1. The van der Waals surface area contributed by atoms with Crippen LogP contribution >= 0.6 is 11.6 Å². The quantitative estimate of drug-likeness (QED) is 0.776. The number of β-amino-alcohol motifs (C(OH)–C–C–N with tert-alkyl or cyclic N) is 1. The van der Waals surface area contributed by atoms with Gasteiger partial charge in [0.05, 0.1) is 11.7 Å². The summed E-state index contributed by atoms with van der Waals surface area (Å²) < 4.78 is 0. The molecule has 1 aromatic rings. The second-order valence-electron chi connectivity index (χ2n) is 4.37. The fourth-order valence-corrected chi connectivity index (χ4v) is 2.27.